The fraction of sp³-hybridized carbons (Fsp3) is 0.733. The van der Waals surface area contributed by atoms with Gasteiger partial charge >= 0.3 is 0 Å². The third-order valence-electron chi connectivity index (χ3n) is 2.85. The molecule has 1 aromatic heterocycles. The minimum absolute atomic E-state index is 0.0843. The van der Waals surface area contributed by atoms with Crippen LogP contribution in [0.15, 0.2) is 6.07 Å². The van der Waals surface area contributed by atoms with E-state index in [2.05, 4.69) is 36.1 Å². The van der Waals surface area contributed by atoms with Gasteiger partial charge in [0.05, 0.1) is 12.3 Å². The molecule has 0 bridgehead atoms. The first-order valence-electron chi connectivity index (χ1n) is 7.34. The van der Waals surface area contributed by atoms with Crippen LogP contribution in [-0.2, 0) is 16.1 Å². The van der Waals surface area contributed by atoms with Crippen molar-refractivity contribution in [1.29, 1.82) is 0 Å². The molecule has 0 saturated heterocycles. The van der Waals surface area contributed by atoms with Crippen molar-refractivity contribution in [2.75, 3.05) is 25.6 Å². The molecule has 5 heteroatoms. The molecule has 0 amide bonds. The van der Waals surface area contributed by atoms with Crippen molar-refractivity contribution in [3.8, 4) is 0 Å². The number of hydrogen-bond donors (Lipinski definition) is 1. The molecule has 0 aliphatic rings. The molecule has 1 aromatic rings. The van der Waals surface area contributed by atoms with Crippen LogP contribution in [0.2, 0.25) is 0 Å². The number of hydrogen-bond acceptors (Lipinski definition) is 5. The van der Waals surface area contributed by atoms with E-state index in [1.54, 1.807) is 7.11 Å². The van der Waals surface area contributed by atoms with Gasteiger partial charge in [-0.1, -0.05) is 20.8 Å². The van der Waals surface area contributed by atoms with Crippen LogP contribution in [0.5, 0.6) is 0 Å². The van der Waals surface area contributed by atoms with Crippen molar-refractivity contribution in [3.63, 3.8) is 0 Å². The maximum atomic E-state index is 5.79. The molecule has 1 rings (SSSR count). The van der Waals surface area contributed by atoms with Gasteiger partial charge in [-0.05, 0) is 19.3 Å². The molecule has 0 aliphatic carbocycles. The Hall–Kier alpha value is -1.20. The summed E-state index contributed by atoms with van der Waals surface area (Å²) < 4.78 is 11.0. The predicted molar refractivity (Wildman–Crippen MR) is 80.7 cm³/mol. The fourth-order valence-corrected chi connectivity index (χ4v) is 1.96. The molecule has 0 aromatic carbocycles. The standard InChI is InChI=1S/C15H27N3O2/c1-6-8-16-13-9-12(10-19-5)17-15(18-13)14(11(3)4)20-7-2/h9,11,14H,6-8,10H2,1-5H3,(H,16,17,18). The zero-order valence-electron chi connectivity index (χ0n) is 13.3. The summed E-state index contributed by atoms with van der Waals surface area (Å²) in [6.07, 6.45) is 0.969. The topological polar surface area (TPSA) is 56.3 Å². The summed E-state index contributed by atoms with van der Waals surface area (Å²) in [7, 11) is 1.67. The second-order valence-corrected chi connectivity index (χ2v) is 5.08. The van der Waals surface area contributed by atoms with E-state index in [0.29, 0.717) is 19.1 Å². The minimum Gasteiger partial charge on any atom is -0.378 e. The van der Waals surface area contributed by atoms with E-state index in [1.807, 2.05) is 13.0 Å². The van der Waals surface area contributed by atoms with Gasteiger partial charge in [0.2, 0.25) is 0 Å². The first kappa shape index (κ1) is 16.9. The molecule has 0 saturated carbocycles. The highest BCUT2D eigenvalue weighted by Gasteiger charge is 2.20. The largest absolute Gasteiger partial charge is 0.378 e. The van der Waals surface area contributed by atoms with Gasteiger partial charge in [0.25, 0.3) is 0 Å². The third kappa shape index (κ3) is 5.06. The third-order valence-corrected chi connectivity index (χ3v) is 2.85. The maximum absolute atomic E-state index is 5.79. The average molecular weight is 281 g/mol. The molecule has 0 radical (unpaired) electrons. The van der Waals surface area contributed by atoms with Gasteiger partial charge in [-0.3, -0.25) is 0 Å². The number of nitrogens with one attached hydrogen (secondary N) is 1. The molecule has 114 valence electrons. The smallest absolute Gasteiger partial charge is 0.160 e. The number of nitrogens with zero attached hydrogens (tertiary/aromatic N) is 2. The predicted octanol–water partition coefficient (Wildman–Crippen LogP) is 3.18. The van der Waals surface area contributed by atoms with Gasteiger partial charge in [0.1, 0.15) is 11.9 Å². The Morgan fingerprint density at radius 3 is 2.55 bits per heavy atom. The van der Waals surface area contributed by atoms with Gasteiger partial charge in [-0.2, -0.15) is 0 Å². The second-order valence-electron chi connectivity index (χ2n) is 5.08. The van der Waals surface area contributed by atoms with Crippen LogP contribution in [-0.4, -0.2) is 30.2 Å². The molecule has 20 heavy (non-hydrogen) atoms. The maximum Gasteiger partial charge on any atom is 0.160 e. The van der Waals surface area contributed by atoms with Crippen molar-refractivity contribution < 1.29 is 9.47 Å². The van der Waals surface area contributed by atoms with Crippen molar-refractivity contribution in [2.45, 2.75) is 46.8 Å². The SMILES string of the molecule is CCCNc1cc(COC)nc(C(OCC)C(C)C)n1. The molecule has 1 unspecified atom stereocenters. The van der Waals surface area contributed by atoms with Gasteiger partial charge in [0, 0.05) is 26.3 Å². The molecule has 0 spiro atoms. The monoisotopic (exact) mass is 281 g/mol. The summed E-state index contributed by atoms with van der Waals surface area (Å²) in [6, 6.07) is 1.94. The molecular formula is C15H27N3O2. The molecule has 1 heterocycles. The Balaban J connectivity index is 3.04. The summed E-state index contributed by atoms with van der Waals surface area (Å²) in [5.74, 6) is 1.90. The van der Waals surface area contributed by atoms with Crippen LogP contribution in [0, 0.1) is 5.92 Å². The van der Waals surface area contributed by atoms with Gasteiger partial charge in [-0.15, -0.1) is 0 Å². The zero-order valence-corrected chi connectivity index (χ0v) is 13.3. The summed E-state index contributed by atoms with van der Waals surface area (Å²) >= 11 is 0. The Labute approximate surface area is 122 Å². The summed E-state index contributed by atoms with van der Waals surface area (Å²) in [6.45, 7) is 10.4. The van der Waals surface area contributed by atoms with Crippen LogP contribution in [0.25, 0.3) is 0 Å². The quantitative estimate of drug-likeness (QED) is 0.753. The van der Waals surface area contributed by atoms with Crippen molar-refractivity contribution in [3.05, 3.63) is 17.6 Å². The lowest BCUT2D eigenvalue weighted by atomic mass is 10.1. The lowest BCUT2D eigenvalue weighted by Gasteiger charge is -2.20. The number of anilines is 1. The summed E-state index contributed by atoms with van der Waals surface area (Å²) in [4.78, 5) is 9.16. The van der Waals surface area contributed by atoms with Crippen LogP contribution in [0.3, 0.4) is 0 Å². The van der Waals surface area contributed by atoms with Gasteiger partial charge in [-0.25, -0.2) is 9.97 Å². The highest BCUT2D eigenvalue weighted by atomic mass is 16.5. The molecular weight excluding hydrogens is 254 g/mol. The lowest BCUT2D eigenvalue weighted by molar-refractivity contribution is 0.0229. The molecule has 1 atom stereocenters. The average Bonchev–Trinajstić information content (AvgIpc) is 2.42. The fourth-order valence-electron chi connectivity index (χ4n) is 1.96. The minimum atomic E-state index is -0.0843. The van der Waals surface area contributed by atoms with E-state index in [4.69, 9.17) is 9.47 Å². The Morgan fingerprint density at radius 2 is 2.00 bits per heavy atom. The van der Waals surface area contributed by atoms with Crippen LogP contribution < -0.4 is 5.32 Å². The molecule has 0 fully saturated rings. The first-order chi connectivity index (χ1) is 9.62. The van der Waals surface area contributed by atoms with E-state index in [1.165, 1.54) is 0 Å². The molecule has 1 N–H and O–H groups in total. The Kier molecular flexibility index (Phi) is 7.47. The van der Waals surface area contributed by atoms with Crippen molar-refractivity contribution in [1.82, 2.24) is 9.97 Å². The number of aromatic nitrogens is 2. The number of methoxy groups -OCH3 is 1. The van der Waals surface area contributed by atoms with E-state index in [0.717, 1.165) is 30.3 Å². The Morgan fingerprint density at radius 1 is 1.25 bits per heavy atom. The van der Waals surface area contributed by atoms with E-state index in [9.17, 15) is 0 Å². The summed E-state index contributed by atoms with van der Waals surface area (Å²) in [5, 5.41) is 3.31. The van der Waals surface area contributed by atoms with Crippen LogP contribution in [0.1, 0.15) is 51.7 Å². The zero-order chi connectivity index (χ0) is 15.0. The van der Waals surface area contributed by atoms with Crippen molar-refractivity contribution in [2.24, 2.45) is 5.92 Å². The van der Waals surface area contributed by atoms with Gasteiger partial charge < -0.3 is 14.8 Å². The van der Waals surface area contributed by atoms with E-state index >= 15 is 0 Å². The number of ether oxygens (including phenoxy) is 2. The Bertz CT molecular complexity index is 397. The molecule has 5 nitrogen and oxygen atoms in total. The van der Waals surface area contributed by atoms with Crippen molar-refractivity contribution >= 4 is 5.82 Å². The van der Waals surface area contributed by atoms with Gasteiger partial charge in [0.15, 0.2) is 5.82 Å². The van der Waals surface area contributed by atoms with E-state index < -0.39 is 0 Å². The number of rotatable bonds is 9. The van der Waals surface area contributed by atoms with E-state index in [-0.39, 0.29) is 6.10 Å². The second kappa shape index (κ2) is 8.87. The highest BCUT2D eigenvalue weighted by molar-refractivity contribution is 5.36. The normalized spacial score (nSPS) is 12.7. The lowest BCUT2D eigenvalue weighted by Crippen LogP contribution is -2.17. The summed E-state index contributed by atoms with van der Waals surface area (Å²) in [5.41, 5.74) is 0.876. The highest BCUT2D eigenvalue weighted by Crippen LogP contribution is 2.24. The first-order valence-corrected chi connectivity index (χ1v) is 7.34. The van der Waals surface area contributed by atoms with Crippen LogP contribution >= 0.6 is 0 Å². The molecule has 0 aliphatic heterocycles. The van der Waals surface area contributed by atoms with Crippen LogP contribution in [0.4, 0.5) is 5.82 Å².